The maximum absolute atomic E-state index is 10.6. The van der Waals surface area contributed by atoms with Crippen molar-refractivity contribution in [3.8, 4) is 0 Å². The minimum absolute atomic E-state index is 0.0122. The number of hydrogen-bond donors (Lipinski definition) is 2. The molecule has 0 aromatic rings. The molecule has 3 nitrogen and oxygen atoms in total. The van der Waals surface area contributed by atoms with Gasteiger partial charge in [0.2, 0.25) is 0 Å². The van der Waals surface area contributed by atoms with Crippen molar-refractivity contribution >= 4 is 17.7 Å². The quantitative estimate of drug-likeness (QED) is 0.629. The second kappa shape index (κ2) is 2.11. The summed E-state index contributed by atoms with van der Waals surface area (Å²) < 4.78 is 0. The number of carboxylic acid groups (broad SMARTS) is 1. The van der Waals surface area contributed by atoms with E-state index >= 15 is 0 Å². The average Bonchev–Trinajstić information content (AvgIpc) is 1.73. The maximum atomic E-state index is 10.6. The van der Waals surface area contributed by atoms with E-state index in [1.165, 1.54) is 0 Å². The predicted molar refractivity (Wildman–Crippen MR) is 40.2 cm³/mol. The van der Waals surface area contributed by atoms with Gasteiger partial charge >= 0.3 is 5.97 Å². The van der Waals surface area contributed by atoms with E-state index in [2.05, 4.69) is 4.84 Å². The van der Waals surface area contributed by atoms with E-state index in [0.29, 0.717) is 0 Å². The van der Waals surface area contributed by atoms with Crippen molar-refractivity contribution in [2.24, 2.45) is 11.3 Å². The predicted octanol–water partition coefficient (Wildman–Crippen LogP) is 0.983. The zero-order valence-corrected chi connectivity index (χ0v) is 6.77. The van der Waals surface area contributed by atoms with Crippen LogP contribution < -0.4 is 4.84 Å². The molecule has 1 unspecified atom stereocenters. The summed E-state index contributed by atoms with van der Waals surface area (Å²) >= 11 is 5.35. The summed E-state index contributed by atoms with van der Waals surface area (Å²) in [5.74, 6) is -0.0278. The van der Waals surface area contributed by atoms with E-state index in [-0.39, 0.29) is 5.41 Å². The van der Waals surface area contributed by atoms with E-state index in [0.717, 1.165) is 25.2 Å². The van der Waals surface area contributed by atoms with Crippen LogP contribution in [0, 0.1) is 11.3 Å². The molecule has 0 saturated heterocycles. The third-order valence-corrected chi connectivity index (χ3v) is 3.27. The smallest absolute Gasteiger partial charge is 0.322 e. The largest absolute Gasteiger partial charge is 0.480 e. The molecule has 0 aromatic carbocycles. The number of hydrogen-bond acceptors (Lipinski definition) is 2. The molecule has 62 valence electrons. The van der Waals surface area contributed by atoms with Crippen LogP contribution in [0.2, 0.25) is 0 Å². The second-order valence-corrected chi connectivity index (χ2v) is 3.94. The van der Waals surface area contributed by atoms with Gasteiger partial charge in [0.15, 0.2) is 0 Å². The topological polar surface area (TPSA) is 49.3 Å². The fraction of sp³-hybridized carbons (Fsp3) is 0.857. The third kappa shape index (κ3) is 0.811. The Labute approximate surface area is 69.8 Å². The maximum Gasteiger partial charge on any atom is 0.322 e. The number of nitrogens with one attached hydrogen (secondary N) is 1. The molecule has 0 aromatic heterocycles. The fourth-order valence-corrected chi connectivity index (χ4v) is 2.65. The van der Waals surface area contributed by atoms with Crippen LogP contribution in [0.3, 0.4) is 0 Å². The average molecular weight is 176 g/mol. The molecule has 3 saturated carbocycles. The summed E-state index contributed by atoms with van der Waals surface area (Å²) in [5, 5.41) is 8.75. The van der Waals surface area contributed by atoms with Crippen molar-refractivity contribution in [1.82, 2.24) is 4.84 Å². The summed E-state index contributed by atoms with van der Waals surface area (Å²) in [5.41, 5.74) is 0.0122. The van der Waals surface area contributed by atoms with Crippen molar-refractivity contribution < 1.29 is 9.90 Å². The molecule has 3 aliphatic rings. The molecule has 3 aliphatic carbocycles. The molecule has 4 heteroatoms. The van der Waals surface area contributed by atoms with Gasteiger partial charge in [-0.3, -0.25) is 4.79 Å². The van der Waals surface area contributed by atoms with Crippen molar-refractivity contribution in [2.75, 3.05) is 0 Å². The summed E-state index contributed by atoms with van der Waals surface area (Å²) in [6.45, 7) is 0. The van der Waals surface area contributed by atoms with Gasteiger partial charge in [-0.2, -0.15) is 0 Å². The van der Waals surface area contributed by atoms with E-state index in [4.69, 9.17) is 16.9 Å². The number of halogens is 1. The second-order valence-electron chi connectivity index (χ2n) is 3.72. The van der Waals surface area contributed by atoms with Crippen LogP contribution in [0.15, 0.2) is 0 Å². The Balaban J connectivity index is 2.05. The lowest BCUT2D eigenvalue weighted by molar-refractivity contribution is -0.167. The SMILES string of the molecule is O=C(O)C(NCl)C12CC(C1)C2. The van der Waals surface area contributed by atoms with E-state index in [9.17, 15) is 4.79 Å². The Morgan fingerprint density at radius 2 is 2.18 bits per heavy atom. The highest BCUT2D eigenvalue weighted by molar-refractivity contribution is 6.14. The Bertz CT molecular complexity index is 190. The number of carbonyl (C=O) groups is 1. The van der Waals surface area contributed by atoms with Crippen LogP contribution in [0.25, 0.3) is 0 Å². The molecule has 2 N–H and O–H groups in total. The lowest BCUT2D eigenvalue weighted by Crippen LogP contribution is -2.63. The minimum Gasteiger partial charge on any atom is -0.480 e. The van der Waals surface area contributed by atoms with Crippen LogP contribution in [0.1, 0.15) is 19.3 Å². The lowest BCUT2D eigenvalue weighted by atomic mass is 9.42. The highest BCUT2D eigenvalue weighted by Gasteiger charge is 2.62. The van der Waals surface area contributed by atoms with Crippen molar-refractivity contribution in [3.05, 3.63) is 0 Å². The van der Waals surface area contributed by atoms with Gasteiger partial charge in [0, 0.05) is 0 Å². The molecule has 3 fully saturated rings. The summed E-state index contributed by atoms with van der Waals surface area (Å²) in [6, 6.07) is -0.533. The van der Waals surface area contributed by atoms with E-state index in [1.807, 2.05) is 0 Å². The minimum atomic E-state index is -0.821. The first-order chi connectivity index (χ1) is 5.18. The first-order valence-electron chi connectivity index (χ1n) is 3.77. The molecule has 1 atom stereocenters. The Morgan fingerprint density at radius 3 is 2.27 bits per heavy atom. The lowest BCUT2D eigenvalue weighted by Gasteiger charge is -2.63. The van der Waals surface area contributed by atoms with Gasteiger partial charge in [-0.1, -0.05) is 0 Å². The van der Waals surface area contributed by atoms with Gasteiger partial charge in [0.1, 0.15) is 6.04 Å². The Kier molecular flexibility index (Phi) is 1.41. The molecule has 11 heavy (non-hydrogen) atoms. The van der Waals surface area contributed by atoms with E-state index in [1.54, 1.807) is 0 Å². The molecule has 0 amide bonds. The molecule has 0 spiro atoms. The van der Waals surface area contributed by atoms with Crippen molar-refractivity contribution in [2.45, 2.75) is 25.3 Å². The molecule has 0 aliphatic heterocycles. The summed E-state index contributed by atoms with van der Waals surface area (Å²) in [6.07, 6.45) is 3.14. The summed E-state index contributed by atoms with van der Waals surface area (Å²) in [4.78, 5) is 13.0. The Hall–Kier alpha value is -0.280. The highest BCUT2D eigenvalue weighted by atomic mass is 35.5. The van der Waals surface area contributed by atoms with Gasteiger partial charge < -0.3 is 5.11 Å². The van der Waals surface area contributed by atoms with Crippen molar-refractivity contribution in [1.29, 1.82) is 0 Å². The zero-order valence-electron chi connectivity index (χ0n) is 6.01. The number of aliphatic carboxylic acids is 1. The molecular formula is C7H10ClNO2. The molecule has 3 rings (SSSR count). The fourth-order valence-electron chi connectivity index (χ4n) is 2.32. The summed E-state index contributed by atoms with van der Waals surface area (Å²) in [7, 11) is 0. The molecule has 2 bridgehead atoms. The van der Waals surface area contributed by atoms with Crippen LogP contribution in [-0.4, -0.2) is 17.1 Å². The van der Waals surface area contributed by atoms with Gasteiger partial charge in [-0.05, 0) is 42.4 Å². The normalized spacial score (nSPS) is 42.1. The van der Waals surface area contributed by atoms with Gasteiger partial charge in [-0.25, -0.2) is 4.84 Å². The molecule has 0 heterocycles. The monoisotopic (exact) mass is 175 g/mol. The first-order valence-corrected chi connectivity index (χ1v) is 4.15. The van der Waals surface area contributed by atoms with E-state index < -0.39 is 12.0 Å². The number of rotatable bonds is 3. The highest BCUT2D eigenvalue weighted by Crippen LogP contribution is 2.66. The third-order valence-electron chi connectivity index (χ3n) is 3.05. The van der Waals surface area contributed by atoms with Gasteiger partial charge in [-0.15, -0.1) is 0 Å². The standard InChI is InChI=1S/C7H10ClNO2/c8-9-5(6(10)11)7-1-4(2-7)3-7/h4-5,9H,1-3H2,(H,10,11). The van der Waals surface area contributed by atoms with Crippen LogP contribution >= 0.6 is 11.8 Å². The zero-order chi connectivity index (χ0) is 8.06. The van der Waals surface area contributed by atoms with Gasteiger partial charge in [0.05, 0.1) is 0 Å². The van der Waals surface area contributed by atoms with Crippen LogP contribution in [0.5, 0.6) is 0 Å². The molecular weight excluding hydrogens is 166 g/mol. The van der Waals surface area contributed by atoms with Crippen LogP contribution in [0.4, 0.5) is 0 Å². The van der Waals surface area contributed by atoms with Crippen LogP contribution in [-0.2, 0) is 4.79 Å². The number of carboxylic acids is 1. The Morgan fingerprint density at radius 1 is 1.64 bits per heavy atom. The van der Waals surface area contributed by atoms with Gasteiger partial charge in [0.25, 0.3) is 0 Å². The molecule has 0 radical (unpaired) electrons. The first kappa shape index (κ1) is 7.37. The van der Waals surface area contributed by atoms with Crippen molar-refractivity contribution in [3.63, 3.8) is 0 Å².